The number of carbonyl (C=O) groups excluding carboxylic acids is 1. The maximum atomic E-state index is 12.2. The lowest BCUT2D eigenvalue weighted by Crippen LogP contribution is -2.32. The standard InChI is InChI=1S/C17H15ClN2O3/c1-11(12-5-3-2-4-6-12)19-16(21)10-20-14-9-13(18)7-8-15(14)23-17(20)22/h2-9,11H,10H2,1H3,(H,19,21). The summed E-state index contributed by atoms with van der Waals surface area (Å²) in [5.41, 5.74) is 1.90. The zero-order valence-electron chi connectivity index (χ0n) is 12.5. The van der Waals surface area contributed by atoms with E-state index >= 15 is 0 Å². The van der Waals surface area contributed by atoms with Gasteiger partial charge in [-0.05, 0) is 30.7 Å². The van der Waals surface area contributed by atoms with Crippen LogP contribution in [0.2, 0.25) is 5.02 Å². The molecule has 118 valence electrons. The van der Waals surface area contributed by atoms with Crippen molar-refractivity contribution in [2.24, 2.45) is 0 Å². The molecular formula is C17H15ClN2O3. The molecule has 2 aromatic carbocycles. The van der Waals surface area contributed by atoms with Crippen molar-refractivity contribution in [2.75, 3.05) is 0 Å². The zero-order chi connectivity index (χ0) is 16.4. The number of fused-ring (bicyclic) bond motifs is 1. The molecule has 0 radical (unpaired) electrons. The van der Waals surface area contributed by atoms with Crippen molar-refractivity contribution in [2.45, 2.75) is 19.5 Å². The van der Waals surface area contributed by atoms with Crippen LogP contribution < -0.4 is 11.1 Å². The molecule has 0 aliphatic heterocycles. The Kier molecular flexibility index (Phi) is 4.21. The summed E-state index contributed by atoms with van der Waals surface area (Å²) in [6.45, 7) is 1.77. The summed E-state index contributed by atoms with van der Waals surface area (Å²) in [5, 5.41) is 3.34. The van der Waals surface area contributed by atoms with E-state index in [0.29, 0.717) is 16.1 Å². The van der Waals surface area contributed by atoms with Crippen LogP contribution in [-0.2, 0) is 11.3 Å². The smallest absolute Gasteiger partial charge is 0.408 e. The van der Waals surface area contributed by atoms with Crippen LogP contribution in [0.1, 0.15) is 18.5 Å². The lowest BCUT2D eigenvalue weighted by Gasteiger charge is -2.14. The second-order valence-electron chi connectivity index (χ2n) is 5.27. The van der Waals surface area contributed by atoms with E-state index in [1.165, 1.54) is 4.57 Å². The minimum Gasteiger partial charge on any atom is -0.408 e. The molecule has 0 bridgehead atoms. The Morgan fingerprint density at radius 2 is 2.00 bits per heavy atom. The molecule has 0 fully saturated rings. The third-order valence-electron chi connectivity index (χ3n) is 3.61. The molecule has 1 N–H and O–H groups in total. The summed E-state index contributed by atoms with van der Waals surface area (Å²) in [5.74, 6) is -0.851. The zero-order valence-corrected chi connectivity index (χ0v) is 13.2. The number of aromatic nitrogens is 1. The summed E-state index contributed by atoms with van der Waals surface area (Å²) in [6, 6.07) is 14.3. The summed E-state index contributed by atoms with van der Waals surface area (Å²) >= 11 is 5.94. The lowest BCUT2D eigenvalue weighted by molar-refractivity contribution is -0.122. The summed E-state index contributed by atoms with van der Waals surface area (Å²) in [4.78, 5) is 24.1. The Hall–Kier alpha value is -2.53. The fraction of sp³-hybridized carbons (Fsp3) is 0.176. The molecule has 1 amide bonds. The first kappa shape index (κ1) is 15.4. The van der Waals surface area contributed by atoms with Crippen molar-refractivity contribution in [1.29, 1.82) is 0 Å². The second-order valence-corrected chi connectivity index (χ2v) is 5.70. The van der Waals surface area contributed by atoms with Gasteiger partial charge in [-0.25, -0.2) is 4.79 Å². The first-order chi connectivity index (χ1) is 11.0. The van der Waals surface area contributed by atoms with Gasteiger partial charge in [0.2, 0.25) is 5.91 Å². The maximum Gasteiger partial charge on any atom is 0.420 e. The number of hydrogen-bond acceptors (Lipinski definition) is 3. The first-order valence-electron chi connectivity index (χ1n) is 7.18. The predicted octanol–water partition coefficient (Wildman–Crippen LogP) is 3.13. The van der Waals surface area contributed by atoms with E-state index in [1.54, 1.807) is 18.2 Å². The summed E-state index contributed by atoms with van der Waals surface area (Å²) < 4.78 is 6.39. The van der Waals surface area contributed by atoms with E-state index < -0.39 is 5.76 Å². The van der Waals surface area contributed by atoms with Gasteiger partial charge in [0.1, 0.15) is 6.54 Å². The molecule has 0 saturated heterocycles. The van der Waals surface area contributed by atoms with Gasteiger partial charge < -0.3 is 9.73 Å². The summed E-state index contributed by atoms with van der Waals surface area (Å²) in [6.07, 6.45) is 0. The normalized spacial score (nSPS) is 12.3. The quantitative estimate of drug-likeness (QED) is 0.799. The molecule has 1 unspecified atom stereocenters. The van der Waals surface area contributed by atoms with Crippen LogP contribution >= 0.6 is 11.6 Å². The number of rotatable bonds is 4. The number of benzene rings is 2. The Balaban J connectivity index is 1.79. The third-order valence-corrected chi connectivity index (χ3v) is 3.84. The topological polar surface area (TPSA) is 64.2 Å². The van der Waals surface area contributed by atoms with Gasteiger partial charge in [0.25, 0.3) is 0 Å². The highest BCUT2D eigenvalue weighted by Gasteiger charge is 2.15. The fourth-order valence-corrected chi connectivity index (χ4v) is 2.61. The minimum atomic E-state index is -0.579. The molecule has 3 rings (SSSR count). The molecular weight excluding hydrogens is 316 g/mol. The van der Waals surface area contributed by atoms with Gasteiger partial charge in [-0.1, -0.05) is 41.9 Å². The molecule has 1 heterocycles. The average molecular weight is 331 g/mol. The molecule has 1 aromatic heterocycles. The molecule has 0 aliphatic carbocycles. The summed E-state index contributed by atoms with van der Waals surface area (Å²) in [7, 11) is 0. The molecule has 0 saturated carbocycles. The number of hydrogen-bond donors (Lipinski definition) is 1. The van der Waals surface area contributed by atoms with Crippen LogP contribution in [0, 0.1) is 0 Å². The Morgan fingerprint density at radius 3 is 2.74 bits per heavy atom. The van der Waals surface area contributed by atoms with Crippen molar-refractivity contribution in [3.63, 3.8) is 0 Å². The largest absolute Gasteiger partial charge is 0.420 e. The Morgan fingerprint density at radius 1 is 1.26 bits per heavy atom. The van der Waals surface area contributed by atoms with E-state index in [-0.39, 0.29) is 18.5 Å². The number of nitrogens with one attached hydrogen (secondary N) is 1. The van der Waals surface area contributed by atoms with Crippen molar-refractivity contribution in [3.05, 3.63) is 69.7 Å². The Labute approximate surface area is 137 Å². The van der Waals surface area contributed by atoms with Crippen molar-refractivity contribution < 1.29 is 9.21 Å². The number of oxazole rings is 1. The maximum absolute atomic E-state index is 12.2. The van der Waals surface area contributed by atoms with Gasteiger partial charge in [-0.15, -0.1) is 0 Å². The van der Waals surface area contributed by atoms with Gasteiger partial charge >= 0.3 is 5.76 Å². The van der Waals surface area contributed by atoms with E-state index in [0.717, 1.165) is 5.56 Å². The van der Waals surface area contributed by atoms with Crippen molar-refractivity contribution >= 4 is 28.6 Å². The fourth-order valence-electron chi connectivity index (χ4n) is 2.44. The van der Waals surface area contributed by atoms with Gasteiger partial charge in [-0.3, -0.25) is 9.36 Å². The van der Waals surface area contributed by atoms with Gasteiger partial charge in [0.05, 0.1) is 11.6 Å². The van der Waals surface area contributed by atoms with Gasteiger partial charge in [-0.2, -0.15) is 0 Å². The van der Waals surface area contributed by atoms with E-state index in [2.05, 4.69) is 5.32 Å². The van der Waals surface area contributed by atoms with Crippen molar-refractivity contribution in [3.8, 4) is 0 Å². The predicted molar refractivity (Wildman–Crippen MR) is 88.5 cm³/mol. The number of amides is 1. The molecule has 1 atom stereocenters. The second kappa shape index (κ2) is 6.30. The van der Waals surface area contributed by atoms with E-state index in [1.807, 2.05) is 37.3 Å². The molecule has 23 heavy (non-hydrogen) atoms. The van der Waals surface area contributed by atoms with Crippen molar-refractivity contribution in [1.82, 2.24) is 9.88 Å². The number of nitrogens with zero attached hydrogens (tertiary/aromatic N) is 1. The SMILES string of the molecule is CC(NC(=O)Cn1c(=O)oc2ccc(Cl)cc21)c1ccccc1. The monoisotopic (exact) mass is 330 g/mol. The third kappa shape index (κ3) is 3.29. The molecule has 5 nitrogen and oxygen atoms in total. The Bertz CT molecular complexity index is 899. The average Bonchev–Trinajstić information content (AvgIpc) is 2.84. The van der Waals surface area contributed by atoms with Crippen LogP contribution in [0.4, 0.5) is 0 Å². The van der Waals surface area contributed by atoms with Gasteiger partial charge in [0, 0.05) is 5.02 Å². The van der Waals surface area contributed by atoms with Gasteiger partial charge in [0.15, 0.2) is 5.58 Å². The van der Waals surface area contributed by atoms with Crippen LogP contribution in [-0.4, -0.2) is 10.5 Å². The van der Waals surface area contributed by atoms with E-state index in [4.69, 9.17) is 16.0 Å². The van der Waals surface area contributed by atoms with Crippen LogP contribution in [0.25, 0.3) is 11.1 Å². The molecule has 0 aliphatic rings. The highest BCUT2D eigenvalue weighted by molar-refractivity contribution is 6.31. The van der Waals surface area contributed by atoms with Crippen LogP contribution in [0.3, 0.4) is 0 Å². The first-order valence-corrected chi connectivity index (χ1v) is 7.55. The molecule has 3 aromatic rings. The molecule has 0 spiro atoms. The van der Waals surface area contributed by atoms with Crippen LogP contribution in [0.5, 0.6) is 0 Å². The molecule has 6 heteroatoms. The highest BCUT2D eigenvalue weighted by atomic mass is 35.5. The minimum absolute atomic E-state index is 0.122. The number of halogens is 1. The van der Waals surface area contributed by atoms with Crippen LogP contribution in [0.15, 0.2) is 57.7 Å². The lowest BCUT2D eigenvalue weighted by atomic mass is 10.1. The number of carbonyl (C=O) groups is 1. The van der Waals surface area contributed by atoms with E-state index in [9.17, 15) is 9.59 Å². The highest BCUT2D eigenvalue weighted by Crippen LogP contribution is 2.18.